The first-order valence-electron chi connectivity index (χ1n) is 6.11. The molecule has 0 radical (unpaired) electrons. The van der Waals surface area contributed by atoms with Crippen molar-refractivity contribution in [3.63, 3.8) is 0 Å². The Morgan fingerprint density at radius 2 is 1.10 bits per heavy atom. The maximum atomic E-state index is 11.6. The number of benzene rings is 1. The zero-order valence-corrected chi connectivity index (χ0v) is 11.6. The van der Waals surface area contributed by atoms with Gasteiger partial charge in [0.1, 0.15) is 13.2 Å². The Balaban J connectivity index is 2.50. The van der Waals surface area contributed by atoms with Gasteiger partial charge in [0.15, 0.2) is 0 Å². The van der Waals surface area contributed by atoms with E-state index in [0.717, 1.165) is 0 Å². The van der Waals surface area contributed by atoms with Gasteiger partial charge in [-0.25, -0.2) is 9.59 Å². The molecule has 0 saturated heterocycles. The second-order valence-corrected chi connectivity index (χ2v) is 3.83. The molecule has 0 aromatic heterocycles. The van der Waals surface area contributed by atoms with Crippen molar-refractivity contribution in [3.8, 4) is 0 Å². The van der Waals surface area contributed by atoms with Crippen molar-refractivity contribution in [1.82, 2.24) is 0 Å². The Morgan fingerprint density at radius 1 is 0.750 bits per heavy atom. The molecular formula is C14H18O6. The third-order valence-corrected chi connectivity index (χ3v) is 2.40. The predicted molar refractivity (Wildman–Crippen MR) is 70.8 cm³/mol. The lowest BCUT2D eigenvalue weighted by molar-refractivity contribution is 0.0376. The van der Waals surface area contributed by atoms with Crippen LogP contribution in [0.4, 0.5) is 0 Å². The lowest BCUT2D eigenvalue weighted by atomic mass is 10.1. The zero-order chi connectivity index (χ0) is 14.8. The van der Waals surface area contributed by atoms with E-state index in [1.807, 2.05) is 0 Å². The number of carbonyl (C=O) groups excluding carboxylic acids is 2. The van der Waals surface area contributed by atoms with Gasteiger partial charge in [0, 0.05) is 14.2 Å². The highest BCUT2D eigenvalue weighted by Gasteiger charge is 2.10. The van der Waals surface area contributed by atoms with Gasteiger partial charge in [0.2, 0.25) is 0 Å². The van der Waals surface area contributed by atoms with Crippen molar-refractivity contribution in [3.05, 3.63) is 35.4 Å². The number of methoxy groups -OCH3 is 2. The van der Waals surface area contributed by atoms with Crippen molar-refractivity contribution < 1.29 is 28.5 Å². The molecule has 6 nitrogen and oxygen atoms in total. The highest BCUT2D eigenvalue weighted by Crippen LogP contribution is 2.07. The fraction of sp³-hybridized carbons (Fsp3) is 0.429. The first-order chi connectivity index (χ1) is 9.69. The van der Waals surface area contributed by atoms with Gasteiger partial charge in [0.05, 0.1) is 24.3 Å². The molecular weight excluding hydrogens is 264 g/mol. The van der Waals surface area contributed by atoms with Crippen LogP contribution < -0.4 is 0 Å². The van der Waals surface area contributed by atoms with Crippen molar-refractivity contribution in [2.24, 2.45) is 0 Å². The fourth-order valence-electron chi connectivity index (χ4n) is 1.34. The summed E-state index contributed by atoms with van der Waals surface area (Å²) < 4.78 is 19.5. The van der Waals surface area contributed by atoms with Gasteiger partial charge in [-0.3, -0.25) is 0 Å². The van der Waals surface area contributed by atoms with Gasteiger partial charge >= 0.3 is 11.9 Å². The molecule has 0 fully saturated rings. The number of ether oxygens (including phenoxy) is 4. The van der Waals surface area contributed by atoms with E-state index in [2.05, 4.69) is 0 Å². The van der Waals surface area contributed by atoms with Gasteiger partial charge in [-0.05, 0) is 24.3 Å². The first kappa shape index (κ1) is 16.1. The van der Waals surface area contributed by atoms with Crippen LogP contribution in [-0.2, 0) is 18.9 Å². The summed E-state index contributed by atoms with van der Waals surface area (Å²) in [7, 11) is 3.05. The molecule has 1 aromatic rings. The van der Waals surface area contributed by atoms with Crippen LogP contribution in [0, 0.1) is 0 Å². The molecule has 0 aliphatic carbocycles. The molecule has 1 rings (SSSR count). The molecule has 0 atom stereocenters. The minimum absolute atomic E-state index is 0.191. The van der Waals surface area contributed by atoms with Gasteiger partial charge in [-0.1, -0.05) is 0 Å². The highest BCUT2D eigenvalue weighted by atomic mass is 16.6. The Bertz CT molecular complexity index is 385. The second kappa shape index (κ2) is 9.06. The SMILES string of the molecule is COCCOC(=O)c1ccc(C(=O)OCCOC)cc1. The van der Waals surface area contributed by atoms with Gasteiger partial charge < -0.3 is 18.9 Å². The molecule has 20 heavy (non-hydrogen) atoms. The summed E-state index contributed by atoms with van der Waals surface area (Å²) in [6.07, 6.45) is 0. The van der Waals surface area contributed by atoms with Crippen molar-refractivity contribution >= 4 is 11.9 Å². The van der Waals surface area contributed by atoms with Crippen LogP contribution in [0.3, 0.4) is 0 Å². The third-order valence-electron chi connectivity index (χ3n) is 2.40. The van der Waals surface area contributed by atoms with Crippen LogP contribution >= 0.6 is 0 Å². The molecule has 0 heterocycles. The highest BCUT2D eigenvalue weighted by molar-refractivity contribution is 5.93. The lowest BCUT2D eigenvalue weighted by Gasteiger charge is -2.06. The summed E-state index contributed by atoms with van der Waals surface area (Å²) in [5.41, 5.74) is 0.740. The predicted octanol–water partition coefficient (Wildman–Crippen LogP) is 1.29. The van der Waals surface area contributed by atoms with Crippen molar-refractivity contribution in [2.75, 3.05) is 40.6 Å². The Labute approximate surface area is 117 Å². The quantitative estimate of drug-likeness (QED) is 0.528. The summed E-state index contributed by atoms with van der Waals surface area (Å²) in [6.45, 7) is 1.07. The van der Waals surface area contributed by atoms with E-state index in [4.69, 9.17) is 18.9 Å². The summed E-state index contributed by atoms with van der Waals surface area (Å²) in [6, 6.07) is 6.06. The molecule has 0 aliphatic heterocycles. The van der Waals surface area contributed by atoms with Crippen LogP contribution in [0.1, 0.15) is 20.7 Å². The number of carbonyl (C=O) groups is 2. The summed E-state index contributed by atoms with van der Waals surface area (Å²) in [5.74, 6) is -0.914. The largest absolute Gasteiger partial charge is 0.460 e. The smallest absolute Gasteiger partial charge is 0.338 e. The van der Waals surface area contributed by atoms with Gasteiger partial charge in [0.25, 0.3) is 0 Å². The van der Waals surface area contributed by atoms with Gasteiger partial charge in [-0.2, -0.15) is 0 Å². The molecule has 6 heteroatoms. The normalized spacial score (nSPS) is 10.1. The minimum atomic E-state index is -0.457. The monoisotopic (exact) mass is 282 g/mol. The van der Waals surface area contributed by atoms with Crippen LogP contribution in [0.15, 0.2) is 24.3 Å². The van der Waals surface area contributed by atoms with E-state index in [1.54, 1.807) is 0 Å². The summed E-state index contributed by atoms with van der Waals surface area (Å²) in [5, 5.41) is 0. The number of hydrogen-bond donors (Lipinski definition) is 0. The summed E-state index contributed by atoms with van der Waals surface area (Å²) >= 11 is 0. The standard InChI is InChI=1S/C14H18O6/c1-17-7-9-19-13(15)11-3-5-12(6-4-11)14(16)20-10-8-18-2/h3-6H,7-10H2,1-2H3. The van der Waals surface area contributed by atoms with Crippen LogP contribution in [-0.4, -0.2) is 52.6 Å². The molecule has 0 bridgehead atoms. The summed E-state index contributed by atoms with van der Waals surface area (Å²) in [4.78, 5) is 23.2. The molecule has 1 aromatic carbocycles. The average molecular weight is 282 g/mol. The fourth-order valence-corrected chi connectivity index (χ4v) is 1.34. The van der Waals surface area contributed by atoms with E-state index in [9.17, 15) is 9.59 Å². The number of rotatable bonds is 8. The Hall–Kier alpha value is -1.92. The topological polar surface area (TPSA) is 71.1 Å². The van der Waals surface area contributed by atoms with Crippen molar-refractivity contribution in [2.45, 2.75) is 0 Å². The van der Waals surface area contributed by atoms with Crippen LogP contribution in [0.25, 0.3) is 0 Å². The molecule has 0 spiro atoms. The molecule has 0 amide bonds. The molecule has 0 unspecified atom stereocenters. The van der Waals surface area contributed by atoms with Crippen molar-refractivity contribution in [1.29, 1.82) is 0 Å². The van der Waals surface area contributed by atoms with Gasteiger partial charge in [-0.15, -0.1) is 0 Å². The van der Waals surface area contributed by atoms with E-state index >= 15 is 0 Å². The Morgan fingerprint density at radius 3 is 1.40 bits per heavy atom. The number of hydrogen-bond acceptors (Lipinski definition) is 6. The molecule has 0 N–H and O–H groups in total. The molecule has 110 valence electrons. The third kappa shape index (κ3) is 5.38. The number of esters is 2. The molecule has 0 saturated carbocycles. The maximum Gasteiger partial charge on any atom is 0.338 e. The van der Waals surface area contributed by atoms with E-state index < -0.39 is 11.9 Å². The zero-order valence-electron chi connectivity index (χ0n) is 11.6. The minimum Gasteiger partial charge on any atom is -0.460 e. The first-order valence-corrected chi connectivity index (χ1v) is 6.11. The van der Waals surface area contributed by atoms with E-state index in [-0.39, 0.29) is 13.2 Å². The Kier molecular flexibility index (Phi) is 7.31. The second-order valence-electron chi connectivity index (χ2n) is 3.83. The molecule has 0 aliphatic rings. The van der Waals surface area contributed by atoms with E-state index in [0.29, 0.717) is 24.3 Å². The van der Waals surface area contributed by atoms with Crippen LogP contribution in [0.5, 0.6) is 0 Å². The van der Waals surface area contributed by atoms with Crippen LogP contribution in [0.2, 0.25) is 0 Å². The maximum absolute atomic E-state index is 11.6. The van der Waals surface area contributed by atoms with E-state index in [1.165, 1.54) is 38.5 Å². The lowest BCUT2D eigenvalue weighted by Crippen LogP contribution is -2.12. The average Bonchev–Trinajstić information content (AvgIpc) is 2.47.